The molecule has 0 unspecified atom stereocenters. The third kappa shape index (κ3) is 8.36. The zero-order valence-corrected chi connectivity index (χ0v) is 19.1. The van der Waals surface area contributed by atoms with Crippen LogP contribution in [0.25, 0.3) is 0 Å². The summed E-state index contributed by atoms with van der Waals surface area (Å²) < 4.78 is 27.2. The molecule has 0 saturated carbocycles. The maximum absolute atomic E-state index is 12.7. The second kappa shape index (κ2) is 11.7. The third-order valence-corrected chi connectivity index (χ3v) is 7.38. The van der Waals surface area contributed by atoms with Gasteiger partial charge in [-0.25, -0.2) is 0 Å². The van der Waals surface area contributed by atoms with E-state index >= 15 is 0 Å². The van der Waals surface area contributed by atoms with Crippen LogP contribution in [0.15, 0.2) is 0 Å². The molecule has 178 valence electrons. The molecule has 2 aliphatic rings. The molecule has 0 bridgehead atoms. The number of carboxylic acids is 1. The van der Waals surface area contributed by atoms with Crippen molar-refractivity contribution < 1.29 is 27.9 Å². The van der Waals surface area contributed by atoms with Gasteiger partial charge in [-0.15, -0.1) is 0 Å². The van der Waals surface area contributed by atoms with Gasteiger partial charge < -0.3 is 20.6 Å². The molecular weight excluding hydrogens is 426 g/mol. The van der Waals surface area contributed by atoms with Crippen LogP contribution in [0, 0.1) is 11.8 Å². The van der Waals surface area contributed by atoms with Gasteiger partial charge in [0.25, 0.3) is 10.2 Å². The topological polar surface area (TPSA) is 148 Å². The molecule has 0 aromatic heterocycles. The SMILES string of the molecule is CN(C)S(=O)(=O)N[C@H](CC(=O)O)NC(=O)[C@@H]1CCCN(C(=O)CCC2CCNCC2)C1. The van der Waals surface area contributed by atoms with Crippen LogP contribution in [0.5, 0.6) is 0 Å². The van der Waals surface area contributed by atoms with Gasteiger partial charge in [-0.1, -0.05) is 0 Å². The van der Waals surface area contributed by atoms with Gasteiger partial charge in [0, 0.05) is 33.6 Å². The van der Waals surface area contributed by atoms with E-state index in [4.69, 9.17) is 5.11 Å². The van der Waals surface area contributed by atoms with E-state index in [0.29, 0.717) is 31.7 Å². The van der Waals surface area contributed by atoms with Gasteiger partial charge in [-0.05, 0) is 51.1 Å². The van der Waals surface area contributed by atoms with Crippen LogP contribution in [0.4, 0.5) is 0 Å². The molecule has 2 aliphatic heterocycles. The predicted octanol–water partition coefficient (Wildman–Crippen LogP) is -0.682. The smallest absolute Gasteiger partial charge is 0.306 e. The fourth-order valence-electron chi connectivity index (χ4n) is 3.95. The Hall–Kier alpha value is -1.76. The van der Waals surface area contributed by atoms with Crippen molar-refractivity contribution in [2.45, 2.75) is 51.1 Å². The Labute approximate surface area is 184 Å². The van der Waals surface area contributed by atoms with Gasteiger partial charge >= 0.3 is 5.97 Å². The van der Waals surface area contributed by atoms with Crippen LogP contribution >= 0.6 is 0 Å². The highest BCUT2D eigenvalue weighted by atomic mass is 32.2. The lowest BCUT2D eigenvalue weighted by atomic mass is 9.92. The van der Waals surface area contributed by atoms with Crippen LogP contribution in [-0.4, -0.2) is 87.0 Å². The molecule has 12 heteroatoms. The van der Waals surface area contributed by atoms with Crippen molar-refractivity contribution in [3.8, 4) is 0 Å². The first kappa shape index (κ1) is 25.5. The van der Waals surface area contributed by atoms with E-state index in [-0.39, 0.29) is 12.5 Å². The molecule has 0 spiro atoms. The molecule has 0 aliphatic carbocycles. The highest BCUT2D eigenvalue weighted by Crippen LogP contribution is 2.21. The van der Waals surface area contributed by atoms with Gasteiger partial charge in [0.15, 0.2) is 0 Å². The molecule has 2 saturated heterocycles. The number of piperidine rings is 2. The van der Waals surface area contributed by atoms with Crippen molar-refractivity contribution in [1.82, 2.24) is 24.6 Å². The number of likely N-dealkylation sites (tertiary alicyclic amines) is 1. The second-order valence-corrected chi connectivity index (χ2v) is 10.4. The molecule has 2 atom stereocenters. The summed E-state index contributed by atoms with van der Waals surface area (Å²) in [7, 11) is -1.32. The molecule has 2 fully saturated rings. The summed E-state index contributed by atoms with van der Waals surface area (Å²) in [5.74, 6) is -1.62. The van der Waals surface area contributed by atoms with E-state index in [2.05, 4.69) is 15.4 Å². The zero-order valence-electron chi connectivity index (χ0n) is 18.3. The number of hydrogen-bond acceptors (Lipinski definition) is 6. The number of nitrogens with zero attached hydrogens (tertiary/aromatic N) is 2. The Balaban J connectivity index is 1.90. The van der Waals surface area contributed by atoms with Gasteiger partial charge in [0.05, 0.1) is 12.3 Å². The number of nitrogens with one attached hydrogen (secondary N) is 3. The monoisotopic (exact) mass is 461 g/mol. The molecule has 2 heterocycles. The number of hydrogen-bond donors (Lipinski definition) is 4. The van der Waals surface area contributed by atoms with Crippen LogP contribution < -0.4 is 15.4 Å². The van der Waals surface area contributed by atoms with Crippen LogP contribution in [0.3, 0.4) is 0 Å². The summed E-state index contributed by atoms with van der Waals surface area (Å²) in [6.07, 6.45) is 2.82. The van der Waals surface area contributed by atoms with Crippen LogP contribution in [0.1, 0.15) is 44.9 Å². The van der Waals surface area contributed by atoms with E-state index in [1.165, 1.54) is 14.1 Å². The summed E-state index contributed by atoms with van der Waals surface area (Å²) in [6.45, 7) is 2.83. The summed E-state index contributed by atoms with van der Waals surface area (Å²) >= 11 is 0. The Morgan fingerprint density at radius 1 is 1.19 bits per heavy atom. The minimum atomic E-state index is -3.93. The van der Waals surface area contributed by atoms with Crippen molar-refractivity contribution in [2.24, 2.45) is 11.8 Å². The largest absolute Gasteiger partial charge is 0.481 e. The zero-order chi connectivity index (χ0) is 23.0. The molecule has 0 radical (unpaired) electrons. The molecule has 0 aromatic rings. The molecule has 0 aromatic carbocycles. The van der Waals surface area contributed by atoms with Crippen molar-refractivity contribution in [1.29, 1.82) is 0 Å². The van der Waals surface area contributed by atoms with E-state index in [1.54, 1.807) is 4.90 Å². The first-order valence-corrected chi connectivity index (χ1v) is 12.2. The molecule has 2 rings (SSSR count). The standard InChI is InChI=1S/C19H35N5O6S/c1-23(2)31(29,30)22-16(12-18(26)27)21-19(28)15-4-3-11-24(13-15)17(25)6-5-14-7-9-20-10-8-14/h14-16,20,22H,3-13H2,1-2H3,(H,21,28)(H,26,27)/t15-,16-/m1/s1. The number of carbonyl (C=O) groups excluding carboxylic acids is 2. The van der Waals surface area contributed by atoms with Crippen molar-refractivity contribution >= 4 is 28.0 Å². The summed E-state index contributed by atoms with van der Waals surface area (Å²) in [6, 6.07) is 0. The Morgan fingerprint density at radius 2 is 1.87 bits per heavy atom. The van der Waals surface area contributed by atoms with Gasteiger partial charge in [0.1, 0.15) is 6.17 Å². The van der Waals surface area contributed by atoms with E-state index in [1.807, 2.05) is 0 Å². The van der Waals surface area contributed by atoms with E-state index in [0.717, 1.165) is 36.7 Å². The number of carboxylic acid groups (broad SMARTS) is 1. The molecular formula is C19H35N5O6S. The number of aliphatic carboxylic acids is 1. The fraction of sp³-hybridized carbons (Fsp3) is 0.842. The normalized spacial score (nSPS) is 21.6. The lowest BCUT2D eigenvalue weighted by molar-refractivity contribution is -0.138. The highest BCUT2D eigenvalue weighted by molar-refractivity contribution is 7.87. The predicted molar refractivity (Wildman–Crippen MR) is 114 cm³/mol. The third-order valence-electron chi connectivity index (χ3n) is 5.84. The molecule has 31 heavy (non-hydrogen) atoms. The van der Waals surface area contributed by atoms with E-state index < -0.39 is 40.6 Å². The van der Waals surface area contributed by atoms with Gasteiger partial charge in [-0.3, -0.25) is 14.4 Å². The first-order valence-electron chi connectivity index (χ1n) is 10.8. The number of amides is 2. The van der Waals surface area contributed by atoms with Gasteiger partial charge in [-0.2, -0.15) is 17.4 Å². The maximum Gasteiger partial charge on any atom is 0.306 e. The fourth-order valence-corrected chi connectivity index (χ4v) is 4.66. The van der Waals surface area contributed by atoms with Crippen LogP contribution in [-0.2, 0) is 24.6 Å². The summed E-state index contributed by atoms with van der Waals surface area (Å²) in [4.78, 5) is 38.2. The van der Waals surface area contributed by atoms with E-state index in [9.17, 15) is 22.8 Å². The first-order chi connectivity index (χ1) is 14.6. The molecule has 4 N–H and O–H groups in total. The number of rotatable bonds is 10. The van der Waals surface area contributed by atoms with Crippen molar-refractivity contribution in [2.75, 3.05) is 40.3 Å². The average molecular weight is 462 g/mol. The molecule has 11 nitrogen and oxygen atoms in total. The lowest BCUT2D eigenvalue weighted by Crippen LogP contribution is -2.54. The van der Waals surface area contributed by atoms with Crippen LogP contribution in [0.2, 0.25) is 0 Å². The lowest BCUT2D eigenvalue weighted by Gasteiger charge is -2.33. The maximum atomic E-state index is 12.7. The quantitative estimate of drug-likeness (QED) is 0.315. The Morgan fingerprint density at radius 3 is 2.48 bits per heavy atom. The van der Waals surface area contributed by atoms with Crippen molar-refractivity contribution in [3.05, 3.63) is 0 Å². The van der Waals surface area contributed by atoms with Gasteiger partial charge in [0.2, 0.25) is 11.8 Å². The Kier molecular flexibility index (Phi) is 9.66. The average Bonchev–Trinajstić information content (AvgIpc) is 2.72. The molecule has 2 amide bonds. The Bertz CT molecular complexity index is 738. The summed E-state index contributed by atoms with van der Waals surface area (Å²) in [5.41, 5.74) is 0. The highest BCUT2D eigenvalue weighted by Gasteiger charge is 2.31. The van der Waals surface area contributed by atoms with Crippen molar-refractivity contribution in [3.63, 3.8) is 0 Å². The minimum Gasteiger partial charge on any atom is -0.481 e. The summed E-state index contributed by atoms with van der Waals surface area (Å²) in [5, 5.41) is 14.9. The number of carbonyl (C=O) groups is 3. The second-order valence-electron chi connectivity index (χ2n) is 8.48. The minimum absolute atomic E-state index is 0.0337.